The van der Waals surface area contributed by atoms with E-state index in [2.05, 4.69) is 10.1 Å². The Kier molecular flexibility index (Phi) is 3.57. The third kappa shape index (κ3) is 2.35. The predicted molar refractivity (Wildman–Crippen MR) is 53.1 cm³/mol. The summed E-state index contributed by atoms with van der Waals surface area (Å²) < 4.78 is 0. The lowest BCUT2D eigenvalue weighted by Crippen LogP contribution is -2.14. The van der Waals surface area contributed by atoms with Gasteiger partial charge in [0.05, 0.1) is 5.56 Å². The number of hydrogen-bond acceptors (Lipinski definition) is 4. The highest BCUT2D eigenvalue weighted by Crippen LogP contribution is 2.18. The number of rotatable bonds is 3. The average Bonchev–Trinajstić information content (AvgIpc) is 2.18. The van der Waals surface area contributed by atoms with E-state index in [1.54, 1.807) is 30.1 Å². The van der Waals surface area contributed by atoms with E-state index >= 15 is 0 Å². The van der Waals surface area contributed by atoms with Gasteiger partial charge in [-0.15, -0.1) is 11.8 Å². The van der Waals surface area contributed by atoms with E-state index in [-0.39, 0.29) is 5.84 Å². The van der Waals surface area contributed by atoms with Crippen LogP contribution in [0, 0.1) is 0 Å². The van der Waals surface area contributed by atoms with Crippen molar-refractivity contribution in [1.82, 2.24) is 4.98 Å². The van der Waals surface area contributed by atoms with Gasteiger partial charge >= 0.3 is 0 Å². The van der Waals surface area contributed by atoms with Gasteiger partial charge in [0.2, 0.25) is 0 Å². The summed E-state index contributed by atoms with van der Waals surface area (Å²) in [4.78, 5) is 4.13. The number of aromatic nitrogens is 1. The fraction of sp³-hybridized carbons (Fsp3) is 0.250. The fourth-order valence-corrected chi connectivity index (χ4v) is 1.63. The highest BCUT2D eigenvalue weighted by atomic mass is 32.2. The summed E-state index contributed by atoms with van der Waals surface area (Å²) in [5, 5.41) is 12.2. The largest absolute Gasteiger partial charge is 0.409 e. The number of oxime groups is 1. The molecule has 0 atom stereocenters. The number of nitrogens with zero attached hydrogens (tertiary/aromatic N) is 2. The van der Waals surface area contributed by atoms with Gasteiger partial charge in [0, 0.05) is 6.20 Å². The second-order valence-electron chi connectivity index (χ2n) is 2.27. The van der Waals surface area contributed by atoms with Crippen molar-refractivity contribution in [2.75, 3.05) is 5.75 Å². The van der Waals surface area contributed by atoms with Gasteiger partial charge in [-0.05, 0) is 17.9 Å². The molecule has 5 heteroatoms. The first-order valence-electron chi connectivity index (χ1n) is 3.85. The minimum absolute atomic E-state index is 0.101. The van der Waals surface area contributed by atoms with E-state index < -0.39 is 0 Å². The van der Waals surface area contributed by atoms with Crippen molar-refractivity contribution < 1.29 is 5.21 Å². The Morgan fingerprint density at radius 3 is 3.15 bits per heavy atom. The molecule has 0 spiro atoms. The molecule has 0 aliphatic heterocycles. The van der Waals surface area contributed by atoms with E-state index in [1.807, 2.05) is 6.92 Å². The Morgan fingerprint density at radius 2 is 2.54 bits per heavy atom. The monoisotopic (exact) mass is 197 g/mol. The molecule has 0 bridgehead atoms. The Balaban J connectivity index is 3.04. The maximum Gasteiger partial charge on any atom is 0.172 e. The number of amidine groups is 1. The zero-order valence-corrected chi connectivity index (χ0v) is 8.08. The minimum atomic E-state index is 0.101. The van der Waals surface area contributed by atoms with Gasteiger partial charge in [-0.25, -0.2) is 4.98 Å². The Labute approximate surface area is 80.9 Å². The summed E-state index contributed by atoms with van der Waals surface area (Å²) in [6.45, 7) is 2.02. The summed E-state index contributed by atoms with van der Waals surface area (Å²) in [5.41, 5.74) is 6.15. The van der Waals surface area contributed by atoms with Crippen LogP contribution in [0.15, 0.2) is 28.5 Å². The van der Waals surface area contributed by atoms with Crippen molar-refractivity contribution in [3.05, 3.63) is 23.9 Å². The van der Waals surface area contributed by atoms with E-state index in [1.165, 1.54) is 0 Å². The number of pyridine rings is 1. The van der Waals surface area contributed by atoms with Crippen LogP contribution in [0.3, 0.4) is 0 Å². The zero-order valence-electron chi connectivity index (χ0n) is 7.27. The molecule has 0 aliphatic rings. The lowest BCUT2D eigenvalue weighted by atomic mass is 10.3. The molecule has 1 aromatic heterocycles. The maximum absolute atomic E-state index is 8.51. The Hall–Kier alpha value is -1.23. The number of thioether (sulfide) groups is 1. The summed E-state index contributed by atoms with van der Waals surface area (Å²) in [6.07, 6.45) is 1.69. The van der Waals surface area contributed by atoms with Crippen LogP contribution >= 0.6 is 11.8 Å². The van der Waals surface area contributed by atoms with Gasteiger partial charge in [-0.3, -0.25) is 0 Å². The normalized spacial score (nSPS) is 11.6. The molecule has 3 N–H and O–H groups in total. The Bertz CT molecular complexity index is 314. The molecule has 13 heavy (non-hydrogen) atoms. The summed E-state index contributed by atoms with van der Waals surface area (Å²) >= 11 is 1.56. The average molecular weight is 197 g/mol. The summed E-state index contributed by atoms with van der Waals surface area (Å²) in [5.74, 6) is 1.01. The van der Waals surface area contributed by atoms with Crippen molar-refractivity contribution >= 4 is 17.6 Å². The molecule has 4 nitrogen and oxygen atoms in total. The van der Waals surface area contributed by atoms with Gasteiger partial charge in [-0.1, -0.05) is 12.1 Å². The van der Waals surface area contributed by atoms with Crippen molar-refractivity contribution in [1.29, 1.82) is 0 Å². The van der Waals surface area contributed by atoms with Gasteiger partial charge < -0.3 is 10.9 Å². The molecular formula is C8H11N3OS. The molecule has 0 saturated heterocycles. The quantitative estimate of drug-likeness (QED) is 0.252. The minimum Gasteiger partial charge on any atom is -0.409 e. The van der Waals surface area contributed by atoms with E-state index in [4.69, 9.17) is 10.9 Å². The van der Waals surface area contributed by atoms with Gasteiger partial charge in [0.1, 0.15) is 5.03 Å². The third-order valence-electron chi connectivity index (χ3n) is 1.44. The molecule has 1 heterocycles. The number of hydrogen-bond donors (Lipinski definition) is 2. The van der Waals surface area contributed by atoms with E-state index in [0.29, 0.717) is 5.56 Å². The van der Waals surface area contributed by atoms with Crippen molar-refractivity contribution in [3.8, 4) is 0 Å². The molecule has 0 fully saturated rings. The molecule has 1 aromatic rings. The lowest BCUT2D eigenvalue weighted by molar-refractivity contribution is 0.318. The molecule has 0 saturated carbocycles. The van der Waals surface area contributed by atoms with Crippen LogP contribution < -0.4 is 5.73 Å². The molecule has 70 valence electrons. The molecule has 1 rings (SSSR count). The topological polar surface area (TPSA) is 71.5 Å². The fourth-order valence-electron chi connectivity index (χ4n) is 0.891. The SMILES string of the molecule is CCSc1ncccc1/C(N)=N/O. The molecule has 0 aliphatic carbocycles. The second kappa shape index (κ2) is 4.71. The van der Waals surface area contributed by atoms with Gasteiger partial charge in [-0.2, -0.15) is 0 Å². The molecule has 0 amide bonds. The van der Waals surface area contributed by atoms with E-state index in [9.17, 15) is 0 Å². The highest BCUT2D eigenvalue weighted by molar-refractivity contribution is 7.99. The predicted octanol–water partition coefficient (Wildman–Crippen LogP) is 1.29. The van der Waals surface area contributed by atoms with E-state index in [0.717, 1.165) is 10.8 Å². The third-order valence-corrected chi connectivity index (χ3v) is 2.32. The first-order valence-corrected chi connectivity index (χ1v) is 4.83. The first-order chi connectivity index (χ1) is 6.29. The van der Waals surface area contributed by atoms with Crippen LogP contribution in [0.5, 0.6) is 0 Å². The molecular weight excluding hydrogens is 186 g/mol. The smallest absolute Gasteiger partial charge is 0.172 e. The standard InChI is InChI=1S/C8H11N3OS/c1-2-13-8-6(7(9)11-12)4-3-5-10-8/h3-5,12H,2H2,1H3,(H2,9,11). The first kappa shape index (κ1) is 9.85. The highest BCUT2D eigenvalue weighted by Gasteiger charge is 2.06. The summed E-state index contributed by atoms with van der Waals surface area (Å²) in [6, 6.07) is 3.53. The van der Waals surface area contributed by atoms with Crippen LogP contribution in [-0.2, 0) is 0 Å². The van der Waals surface area contributed by atoms with Crippen LogP contribution in [-0.4, -0.2) is 21.8 Å². The van der Waals surface area contributed by atoms with Crippen molar-refractivity contribution in [2.45, 2.75) is 11.9 Å². The van der Waals surface area contributed by atoms with Crippen LogP contribution in [0.25, 0.3) is 0 Å². The van der Waals surface area contributed by atoms with Crippen molar-refractivity contribution in [3.63, 3.8) is 0 Å². The molecule has 0 aromatic carbocycles. The number of nitrogens with two attached hydrogens (primary N) is 1. The maximum atomic E-state index is 8.51. The van der Waals surface area contributed by atoms with Gasteiger partial charge in [0.15, 0.2) is 5.84 Å². The van der Waals surface area contributed by atoms with Crippen LogP contribution in [0.1, 0.15) is 12.5 Å². The lowest BCUT2D eigenvalue weighted by Gasteiger charge is -2.03. The Morgan fingerprint density at radius 1 is 1.77 bits per heavy atom. The molecule has 0 unspecified atom stereocenters. The van der Waals surface area contributed by atoms with Crippen molar-refractivity contribution in [2.24, 2.45) is 10.9 Å². The second-order valence-corrected chi connectivity index (χ2v) is 3.53. The zero-order chi connectivity index (χ0) is 9.68. The molecule has 0 radical (unpaired) electrons. The van der Waals surface area contributed by atoms with Gasteiger partial charge in [0.25, 0.3) is 0 Å². The van der Waals surface area contributed by atoms with Crippen LogP contribution in [0.2, 0.25) is 0 Å². The summed E-state index contributed by atoms with van der Waals surface area (Å²) in [7, 11) is 0. The van der Waals surface area contributed by atoms with Crippen LogP contribution in [0.4, 0.5) is 0 Å².